The molecule has 4 aliphatic heterocycles. The number of rotatable bonds is 10. The normalized spacial score (nSPS) is 52.9. The summed E-state index contributed by atoms with van der Waals surface area (Å²) in [5.41, 5.74) is 24.0. The Bertz CT molecular complexity index is 925. The number of ether oxygens (including phenoxy) is 7. The van der Waals surface area contributed by atoms with Crippen LogP contribution in [-0.4, -0.2) is 200 Å². The van der Waals surface area contributed by atoms with Crippen molar-refractivity contribution in [2.24, 2.45) is 22.9 Å². The highest BCUT2D eigenvalue weighted by atomic mass is 16.8. The van der Waals surface area contributed by atoms with Gasteiger partial charge < -0.3 is 107 Å². The zero-order chi connectivity index (χ0) is 33.3. The number of nitrogens with two attached hydrogens (primary N) is 4. The van der Waals surface area contributed by atoms with E-state index < -0.39 is 149 Å². The van der Waals surface area contributed by atoms with Gasteiger partial charge in [0.25, 0.3) is 0 Å². The highest BCUT2D eigenvalue weighted by molar-refractivity contribution is 5.00. The lowest BCUT2D eigenvalue weighted by Crippen LogP contribution is -2.70. The Hall–Kier alpha value is -0.840. The summed E-state index contributed by atoms with van der Waals surface area (Å²) in [6, 6.07) is -5.48. The van der Waals surface area contributed by atoms with Crippen LogP contribution in [0.1, 0.15) is 0 Å². The van der Waals surface area contributed by atoms with Gasteiger partial charge >= 0.3 is 0 Å². The van der Waals surface area contributed by atoms with E-state index in [1.54, 1.807) is 0 Å². The highest BCUT2D eigenvalue weighted by Gasteiger charge is 2.54. The number of hydrogen-bond acceptors (Lipinski definition) is 21. The summed E-state index contributed by atoms with van der Waals surface area (Å²) in [5.74, 6) is 0. The van der Waals surface area contributed by atoms with Crippen molar-refractivity contribution in [1.29, 1.82) is 0 Å². The second-order valence-electron chi connectivity index (χ2n) is 11.5. The fourth-order valence-electron chi connectivity index (χ4n) is 5.72. The van der Waals surface area contributed by atoms with Gasteiger partial charge in [0, 0.05) is 0 Å². The molecule has 4 saturated heterocycles. The largest absolute Gasteiger partial charge is 0.394 e. The van der Waals surface area contributed by atoms with Gasteiger partial charge in [-0.15, -0.1) is 0 Å². The third kappa shape index (κ3) is 7.44. The average Bonchev–Trinajstić information content (AvgIpc) is 3.03. The zero-order valence-electron chi connectivity index (χ0n) is 24.0. The molecule has 0 amide bonds. The Morgan fingerprint density at radius 3 is 1.09 bits per heavy atom. The van der Waals surface area contributed by atoms with E-state index in [0.717, 1.165) is 0 Å². The van der Waals surface area contributed by atoms with E-state index in [4.69, 9.17) is 56.1 Å². The second kappa shape index (κ2) is 15.6. The summed E-state index contributed by atoms with van der Waals surface area (Å²) >= 11 is 0. The van der Waals surface area contributed by atoms with Crippen molar-refractivity contribution < 1.29 is 84.2 Å². The molecule has 0 aromatic carbocycles. The minimum absolute atomic E-state index is 0.688. The maximum Gasteiger partial charge on any atom is 0.176 e. The fourth-order valence-corrected chi connectivity index (χ4v) is 5.72. The molecule has 4 rings (SSSR count). The molecule has 0 aromatic rings. The van der Waals surface area contributed by atoms with E-state index in [1.807, 2.05) is 0 Å². The average molecular weight is 663 g/mol. The zero-order valence-corrected chi connectivity index (χ0v) is 24.0. The molecule has 45 heavy (non-hydrogen) atoms. The van der Waals surface area contributed by atoms with Crippen molar-refractivity contribution in [3.63, 3.8) is 0 Å². The monoisotopic (exact) mass is 662 g/mol. The molecule has 264 valence electrons. The second-order valence-corrected chi connectivity index (χ2v) is 11.5. The SMILES string of the molecule is N[C@@H]1[C@@H](O)[C@H](O[C@@H]2O[C@H](CO)[C@@H](O[C@@H]3O[C@H](CO)[C@@H](O[C@@H]4O[C@H](CO)[C@@H](O)[C@H](O)[C@H]4N)[C@H](O)[C@H]3N)[C@H](O)[C@H]2N)[C@@H](CO)O[C@@H]1O. The Kier molecular flexibility index (Phi) is 12.8. The van der Waals surface area contributed by atoms with Crippen LogP contribution in [0, 0.1) is 0 Å². The van der Waals surface area contributed by atoms with Gasteiger partial charge in [0.2, 0.25) is 0 Å². The van der Waals surface area contributed by atoms with Crippen LogP contribution in [0.5, 0.6) is 0 Å². The van der Waals surface area contributed by atoms with E-state index in [-0.39, 0.29) is 0 Å². The van der Waals surface area contributed by atoms with Crippen molar-refractivity contribution in [3.8, 4) is 0 Å². The maximum atomic E-state index is 11.1. The summed E-state index contributed by atoms with van der Waals surface area (Å²) in [4.78, 5) is 0. The molecule has 0 aliphatic carbocycles. The minimum Gasteiger partial charge on any atom is -0.394 e. The molecular formula is C24H46N4O17. The number of aliphatic hydroxyl groups is 10. The van der Waals surface area contributed by atoms with Crippen molar-refractivity contribution in [3.05, 3.63) is 0 Å². The molecule has 21 nitrogen and oxygen atoms in total. The standard InChI is InChI=1S/C24H46N4O17/c25-9-15(35)18(6(2-30)39-21(9)38)43-23-11(27)17(37)20(8(4-32)41-23)45-24-12(28)16(36)19(7(3-31)42-24)44-22-10(26)14(34)13(33)5(1-29)40-22/h5-24,29-38H,1-4,25-28H2/t5-,6-,7-,8-,9-,10-,11-,12-,13-,14-,15-,16-,17-,18-,19-,20-,21+,22+,23+,24+/m1/s1. The first kappa shape index (κ1) is 37.0. The van der Waals surface area contributed by atoms with Gasteiger partial charge in [-0.05, 0) is 0 Å². The topological polar surface area (TPSA) is 371 Å². The van der Waals surface area contributed by atoms with Crippen LogP contribution in [0.2, 0.25) is 0 Å². The lowest BCUT2D eigenvalue weighted by Gasteiger charge is -2.49. The fraction of sp³-hybridized carbons (Fsp3) is 1.00. The smallest absolute Gasteiger partial charge is 0.176 e. The first-order valence-corrected chi connectivity index (χ1v) is 14.4. The van der Waals surface area contributed by atoms with Gasteiger partial charge in [-0.25, -0.2) is 0 Å². The maximum absolute atomic E-state index is 11.1. The molecule has 0 bridgehead atoms. The summed E-state index contributed by atoms with van der Waals surface area (Å²) in [5, 5.41) is 102. The van der Waals surface area contributed by atoms with Gasteiger partial charge in [0.05, 0.1) is 50.6 Å². The van der Waals surface area contributed by atoms with E-state index in [9.17, 15) is 51.1 Å². The molecular weight excluding hydrogens is 616 g/mol. The van der Waals surface area contributed by atoms with Crippen LogP contribution >= 0.6 is 0 Å². The third-order valence-electron chi connectivity index (χ3n) is 8.52. The van der Waals surface area contributed by atoms with E-state index in [0.29, 0.717) is 0 Å². The van der Waals surface area contributed by atoms with Crippen molar-refractivity contribution >= 4 is 0 Å². The predicted molar refractivity (Wildman–Crippen MR) is 142 cm³/mol. The van der Waals surface area contributed by atoms with Crippen molar-refractivity contribution in [2.75, 3.05) is 26.4 Å². The van der Waals surface area contributed by atoms with Crippen LogP contribution in [0.25, 0.3) is 0 Å². The summed E-state index contributed by atoms with van der Waals surface area (Å²) in [6.07, 6.45) is -23.5. The summed E-state index contributed by atoms with van der Waals surface area (Å²) in [7, 11) is 0. The highest BCUT2D eigenvalue weighted by Crippen LogP contribution is 2.33. The minimum atomic E-state index is -1.65. The first-order valence-electron chi connectivity index (χ1n) is 14.4. The van der Waals surface area contributed by atoms with Gasteiger partial charge in [-0.2, -0.15) is 0 Å². The van der Waals surface area contributed by atoms with E-state index in [1.165, 1.54) is 0 Å². The lowest BCUT2D eigenvalue weighted by molar-refractivity contribution is -0.358. The van der Waals surface area contributed by atoms with Gasteiger partial charge in [-0.3, -0.25) is 0 Å². The van der Waals surface area contributed by atoms with Crippen LogP contribution < -0.4 is 22.9 Å². The third-order valence-corrected chi connectivity index (χ3v) is 8.52. The van der Waals surface area contributed by atoms with Gasteiger partial charge in [0.1, 0.15) is 73.2 Å². The number of aliphatic hydroxyl groups excluding tert-OH is 10. The molecule has 4 fully saturated rings. The predicted octanol–water partition coefficient (Wildman–Crippen LogP) is -9.88. The molecule has 0 saturated carbocycles. The first-order chi connectivity index (χ1) is 21.3. The Morgan fingerprint density at radius 1 is 0.400 bits per heavy atom. The quantitative estimate of drug-likeness (QED) is 0.103. The molecule has 0 radical (unpaired) electrons. The van der Waals surface area contributed by atoms with Crippen molar-refractivity contribution in [1.82, 2.24) is 0 Å². The molecule has 21 heteroatoms. The molecule has 18 N–H and O–H groups in total. The van der Waals surface area contributed by atoms with Crippen LogP contribution in [0.4, 0.5) is 0 Å². The van der Waals surface area contributed by atoms with Crippen LogP contribution in [-0.2, 0) is 33.2 Å². The van der Waals surface area contributed by atoms with E-state index >= 15 is 0 Å². The Morgan fingerprint density at radius 2 is 0.711 bits per heavy atom. The molecule has 4 heterocycles. The van der Waals surface area contributed by atoms with Crippen LogP contribution in [0.3, 0.4) is 0 Å². The molecule has 20 atom stereocenters. The van der Waals surface area contributed by atoms with E-state index in [2.05, 4.69) is 0 Å². The molecule has 0 unspecified atom stereocenters. The van der Waals surface area contributed by atoms with Gasteiger partial charge in [-0.1, -0.05) is 0 Å². The Labute approximate surface area is 256 Å². The van der Waals surface area contributed by atoms with Crippen molar-refractivity contribution in [2.45, 2.75) is 123 Å². The van der Waals surface area contributed by atoms with Gasteiger partial charge in [0.15, 0.2) is 25.2 Å². The Balaban J connectivity index is 1.43. The van der Waals surface area contributed by atoms with Crippen LogP contribution in [0.15, 0.2) is 0 Å². The summed E-state index contributed by atoms with van der Waals surface area (Å²) in [6.45, 7) is -2.91. The molecule has 0 spiro atoms. The molecule has 4 aliphatic rings. The lowest BCUT2D eigenvalue weighted by atomic mass is 9.94. The summed E-state index contributed by atoms with van der Waals surface area (Å²) < 4.78 is 39.2. The molecule has 0 aromatic heterocycles. The number of hydrogen-bond donors (Lipinski definition) is 14.